The van der Waals surface area contributed by atoms with Crippen molar-refractivity contribution in [2.45, 2.75) is 25.1 Å². The molecule has 1 atom stereocenters. The van der Waals surface area contributed by atoms with Gasteiger partial charge in [0.05, 0.1) is 17.3 Å². The smallest absolute Gasteiger partial charge is 0.374 e. The first-order valence-electron chi connectivity index (χ1n) is 11.7. The van der Waals surface area contributed by atoms with Crippen LogP contribution in [0.4, 0.5) is 29.3 Å². The summed E-state index contributed by atoms with van der Waals surface area (Å²) in [6.07, 6.45) is -2.42. The van der Waals surface area contributed by atoms with Gasteiger partial charge in [-0.15, -0.1) is 0 Å². The van der Waals surface area contributed by atoms with Gasteiger partial charge in [0.1, 0.15) is 0 Å². The maximum Gasteiger partial charge on any atom is 0.418 e. The van der Waals surface area contributed by atoms with Gasteiger partial charge in [-0.3, -0.25) is 4.90 Å². The number of benzene rings is 2. The first-order valence-corrected chi connectivity index (χ1v) is 11.7. The predicted molar refractivity (Wildman–Crippen MR) is 128 cm³/mol. The number of aryl methyl sites for hydroxylation is 1. The van der Waals surface area contributed by atoms with E-state index in [1.807, 2.05) is 0 Å². The minimum absolute atomic E-state index is 0.0603. The molecule has 9 heteroatoms. The quantitative estimate of drug-likeness (QED) is 0.681. The molecule has 6 nitrogen and oxygen atoms in total. The van der Waals surface area contributed by atoms with E-state index in [-0.39, 0.29) is 11.7 Å². The summed E-state index contributed by atoms with van der Waals surface area (Å²) in [6.45, 7) is 4.91. The highest BCUT2D eigenvalue weighted by Gasteiger charge is 2.33. The SMILES string of the molecule is CN1CCN(C(CNC(=O)Nc2ccccc2C(F)(F)F)c2ccc3c(c2)CCCN3C)CC1. The highest BCUT2D eigenvalue weighted by molar-refractivity contribution is 5.90. The number of carbonyl (C=O) groups is 1. The van der Waals surface area contributed by atoms with Crippen LogP contribution in [0, 0.1) is 0 Å². The lowest BCUT2D eigenvalue weighted by Crippen LogP contribution is -2.49. The largest absolute Gasteiger partial charge is 0.418 e. The minimum Gasteiger partial charge on any atom is -0.374 e. The monoisotopic (exact) mass is 475 g/mol. The van der Waals surface area contributed by atoms with Crippen LogP contribution in [0.5, 0.6) is 0 Å². The topological polar surface area (TPSA) is 50.9 Å². The second kappa shape index (κ2) is 10.2. The second-order valence-electron chi connectivity index (χ2n) is 9.15. The number of hydrogen-bond acceptors (Lipinski definition) is 4. The number of nitrogens with one attached hydrogen (secondary N) is 2. The molecule has 0 radical (unpaired) electrons. The number of fused-ring (bicyclic) bond motifs is 1. The van der Waals surface area contributed by atoms with Crippen LogP contribution in [0.1, 0.15) is 29.2 Å². The molecule has 1 fully saturated rings. The van der Waals surface area contributed by atoms with E-state index in [9.17, 15) is 18.0 Å². The zero-order valence-corrected chi connectivity index (χ0v) is 19.7. The lowest BCUT2D eigenvalue weighted by atomic mass is 9.95. The molecule has 0 spiro atoms. The van der Waals surface area contributed by atoms with Crippen LogP contribution < -0.4 is 15.5 Å². The Morgan fingerprint density at radius 2 is 1.76 bits per heavy atom. The first kappa shape index (κ1) is 24.3. The summed E-state index contributed by atoms with van der Waals surface area (Å²) in [6, 6.07) is 10.8. The van der Waals surface area contributed by atoms with Gasteiger partial charge in [0.2, 0.25) is 0 Å². The average Bonchev–Trinajstić information content (AvgIpc) is 2.80. The Morgan fingerprint density at radius 1 is 1.03 bits per heavy atom. The molecule has 1 saturated heterocycles. The summed E-state index contributed by atoms with van der Waals surface area (Å²) in [5.41, 5.74) is 2.55. The van der Waals surface area contributed by atoms with E-state index in [0.717, 1.165) is 57.2 Å². The number of halogens is 3. The third-order valence-corrected chi connectivity index (χ3v) is 6.75. The molecular weight excluding hydrogens is 443 g/mol. The minimum atomic E-state index is -4.54. The molecule has 184 valence electrons. The van der Waals surface area contributed by atoms with Crippen LogP contribution >= 0.6 is 0 Å². The third kappa shape index (κ3) is 5.64. The van der Waals surface area contributed by atoms with Crippen molar-refractivity contribution in [2.75, 3.05) is 63.6 Å². The van der Waals surface area contributed by atoms with Gasteiger partial charge in [0.15, 0.2) is 0 Å². The molecule has 0 saturated carbocycles. The van der Waals surface area contributed by atoms with Crippen molar-refractivity contribution in [2.24, 2.45) is 0 Å². The summed E-state index contributed by atoms with van der Waals surface area (Å²) in [5.74, 6) is 0. The van der Waals surface area contributed by atoms with E-state index in [2.05, 4.69) is 57.6 Å². The molecule has 34 heavy (non-hydrogen) atoms. The van der Waals surface area contributed by atoms with E-state index in [1.54, 1.807) is 0 Å². The Labute approximate surface area is 198 Å². The van der Waals surface area contributed by atoms with Crippen LogP contribution in [0.3, 0.4) is 0 Å². The lowest BCUT2D eigenvalue weighted by Gasteiger charge is -2.39. The van der Waals surface area contributed by atoms with E-state index in [0.29, 0.717) is 6.54 Å². The molecule has 0 bridgehead atoms. The van der Waals surface area contributed by atoms with Gasteiger partial charge in [0.25, 0.3) is 0 Å². The number of likely N-dealkylation sites (N-methyl/N-ethyl adjacent to an activating group) is 1. The van der Waals surface area contributed by atoms with Crippen molar-refractivity contribution in [3.8, 4) is 0 Å². The average molecular weight is 476 g/mol. The van der Waals surface area contributed by atoms with Crippen molar-refractivity contribution in [3.05, 3.63) is 59.2 Å². The molecule has 1 unspecified atom stereocenters. The van der Waals surface area contributed by atoms with Gasteiger partial charge >= 0.3 is 12.2 Å². The van der Waals surface area contributed by atoms with E-state index < -0.39 is 17.8 Å². The molecule has 2 heterocycles. The lowest BCUT2D eigenvalue weighted by molar-refractivity contribution is -0.136. The molecule has 0 aromatic heterocycles. The summed E-state index contributed by atoms with van der Waals surface area (Å²) in [5, 5.41) is 5.21. The van der Waals surface area contributed by atoms with Crippen LogP contribution in [-0.2, 0) is 12.6 Å². The Hall–Kier alpha value is -2.78. The molecule has 2 amide bonds. The van der Waals surface area contributed by atoms with E-state index in [1.165, 1.54) is 29.4 Å². The zero-order chi connectivity index (χ0) is 24.3. The number of para-hydroxylation sites is 1. The highest BCUT2D eigenvalue weighted by atomic mass is 19.4. The predicted octanol–water partition coefficient (Wildman–Crippen LogP) is 4.20. The number of anilines is 2. The standard InChI is InChI=1S/C25H32F3N5O/c1-31-12-14-33(15-13-31)23(19-9-10-22-18(16-19)6-5-11-32(22)2)17-29-24(34)30-21-8-4-3-7-20(21)25(26,27)28/h3-4,7-10,16,23H,5-6,11-15,17H2,1-2H3,(H2,29,30,34). The van der Waals surface area contributed by atoms with Crippen LogP contribution in [-0.4, -0.2) is 69.2 Å². The van der Waals surface area contributed by atoms with Gasteiger partial charge in [-0.05, 0) is 49.2 Å². The van der Waals surface area contributed by atoms with Crippen LogP contribution in [0.2, 0.25) is 0 Å². The fraction of sp³-hybridized carbons (Fsp3) is 0.480. The van der Waals surface area contributed by atoms with Crippen molar-refractivity contribution in [1.82, 2.24) is 15.1 Å². The molecule has 2 N–H and O–H groups in total. The van der Waals surface area contributed by atoms with Gasteiger partial charge in [-0.25, -0.2) is 4.79 Å². The van der Waals surface area contributed by atoms with Crippen molar-refractivity contribution in [1.29, 1.82) is 0 Å². The number of hydrogen-bond donors (Lipinski definition) is 2. The Balaban J connectivity index is 1.50. The number of nitrogens with zero attached hydrogens (tertiary/aromatic N) is 3. The van der Waals surface area contributed by atoms with Gasteiger partial charge < -0.3 is 20.4 Å². The Kier molecular flexibility index (Phi) is 7.33. The van der Waals surface area contributed by atoms with E-state index >= 15 is 0 Å². The number of amides is 2. The summed E-state index contributed by atoms with van der Waals surface area (Å²) in [4.78, 5) is 19.5. The number of piperazine rings is 1. The Bertz CT molecular complexity index is 1000. The fourth-order valence-corrected chi connectivity index (χ4v) is 4.80. The van der Waals surface area contributed by atoms with Crippen molar-refractivity contribution in [3.63, 3.8) is 0 Å². The molecule has 0 aliphatic carbocycles. The molecule has 2 aromatic rings. The third-order valence-electron chi connectivity index (χ3n) is 6.75. The molecule has 4 rings (SSSR count). The van der Waals surface area contributed by atoms with Crippen molar-refractivity contribution < 1.29 is 18.0 Å². The molecule has 2 aromatic carbocycles. The van der Waals surface area contributed by atoms with Crippen molar-refractivity contribution >= 4 is 17.4 Å². The number of alkyl halides is 3. The maximum absolute atomic E-state index is 13.3. The summed E-state index contributed by atoms with van der Waals surface area (Å²) < 4.78 is 39.9. The first-order chi connectivity index (χ1) is 16.2. The number of carbonyl (C=O) groups excluding carboxylic acids is 1. The van der Waals surface area contributed by atoms with Crippen LogP contribution in [0.25, 0.3) is 0 Å². The van der Waals surface area contributed by atoms with Crippen LogP contribution in [0.15, 0.2) is 42.5 Å². The second-order valence-corrected chi connectivity index (χ2v) is 9.15. The van der Waals surface area contributed by atoms with E-state index in [4.69, 9.17) is 0 Å². The van der Waals surface area contributed by atoms with Gasteiger partial charge in [-0.1, -0.05) is 24.3 Å². The zero-order valence-electron chi connectivity index (χ0n) is 19.7. The highest BCUT2D eigenvalue weighted by Crippen LogP contribution is 2.35. The Morgan fingerprint density at radius 3 is 2.50 bits per heavy atom. The van der Waals surface area contributed by atoms with Gasteiger partial charge in [0, 0.05) is 52.0 Å². The normalized spacial score (nSPS) is 18.3. The summed E-state index contributed by atoms with van der Waals surface area (Å²) >= 11 is 0. The summed E-state index contributed by atoms with van der Waals surface area (Å²) in [7, 11) is 4.19. The molecular formula is C25H32F3N5O. The number of rotatable bonds is 5. The molecule has 2 aliphatic heterocycles. The number of urea groups is 1. The maximum atomic E-state index is 13.3. The molecule has 2 aliphatic rings. The fourth-order valence-electron chi connectivity index (χ4n) is 4.80. The van der Waals surface area contributed by atoms with Gasteiger partial charge in [-0.2, -0.15) is 13.2 Å².